The Morgan fingerprint density at radius 2 is 2.06 bits per heavy atom. The SMILES string of the molecule is CC(C)CN1CCC(O)(C2CCCN2)CC1. The van der Waals surface area contributed by atoms with E-state index in [2.05, 4.69) is 24.1 Å². The van der Waals surface area contributed by atoms with Gasteiger partial charge in [0, 0.05) is 25.7 Å². The monoisotopic (exact) mass is 226 g/mol. The standard InChI is InChI=1S/C13H26N2O/c1-11(2)10-15-8-5-13(16,6-9-15)12-4-3-7-14-12/h11-12,14,16H,3-10H2,1-2H3. The number of rotatable bonds is 3. The van der Waals surface area contributed by atoms with Crippen molar-refractivity contribution in [3.63, 3.8) is 0 Å². The molecule has 3 nitrogen and oxygen atoms in total. The minimum Gasteiger partial charge on any atom is -0.388 e. The predicted molar refractivity (Wildman–Crippen MR) is 66.5 cm³/mol. The van der Waals surface area contributed by atoms with Crippen LogP contribution in [-0.4, -0.2) is 47.8 Å². The quantitative estimate of drug-likeness (QED) is 0.759. The van der Waals surface area contributed by atoms with Crippen LogP contribution in [0.3, 0.4) is 0 Å². The summed E-state index contributed by atoms with van der Waals surface area (Å²) < 4.78 is 0. The Morgan fingerprint density at radius 1 is 1.38 bits per heavy atom. The molecule has 3 heteroatoms. The maximum Gasteiger partial charge on any atom is 0.0824 e. The minimum absolute atomic E-state index is 0.355. The first-order chi connectivity index (χ1) is 7.60. The summed E-state index contributed by atoms with van der Waals surface area (Å²) >= 11 is 0. The second kappa shape index (κ2) is 5.03. The summed E-state index contributed by atoms with van der Waals surface area (Å²) in [7, 11) is 0. The van der Waals surface area contributed by atoms with Gasteiger partial charge in [-0.05, 0) is 38.1 Å². The molecule has 2 saturated heterocycles. The first-order valence-corrected chi connectivity index (χ1v) is 6.78. The predicted octanol–water partition coefficient (Wildman–Crippen LogP) is 1.22. The molecule has 0 amide bonds. The lowest BCUT2D eigenvalue weighted by atomic mass is 9.83. The van der Waals surface area contributed by atoms with Gasteiger partial charge >= 0.3 is 0 Å². The van der Waals surface area contributed by atoms with E-state index < -0.39 is 5.60 Å². The molecule has 0 aromatic rings. The van der Waals surface area contributed by atoms with Gasteiger partial charge in [0.1, 0.15) is 0 Å². The zero-order valence-electron chi connectivity index (χ0n) is 10.7. The van der Waals surface area contributed by atoms with E-state index in [1.807, 2.05) is 0 Å². The number of nitrogens with zero attached hydrogens (tertiary/aromatic N) is 1. The highest BCUT2D eigenvalue weighted by Gasteiger charge is 2.40. The van der Waals surface area contributed by atoms with Crippen LogP contribution in [0.1, 0.15) is 39.5 Å². The van der Waals surface area contributed by atoms with Crippen LogP contribution in [0.2, 0.25) is 0 Å². The van der Waals surface area contributed by atoms with Gasteiger partial charge in [-0.2, -0.15) is 0 Å². The largest absolute Gasteiger partial charge is 0.388 e. The van der Waals surface area contributed by atoms with Crippen molar-refractivity contribution >= 4 is 0 Å². The lowest BCUT2D eigenvalue weighted by Crippen LogP contribution is -2.54. The zero-order chi connectivity index (χ0) is 11.6. The van der Waals surface area contributed by atoms with E-state index in [0.29, 0.717) is 6.04 Å². The molecule has 2 N–H and O–H groups in total. The van der Waals surface area contributed by atoms with E-state index in [1.165, 1.54) is 13.0 Å². The molecule has 1 unspecified atom stereocenters. The highest BCUT2D eigenvalue weighted by atomic mass is 16.3. The molecule has 0 bridgehead atoms. The highest BCUT2D eigenvalue weighted by Crippen LogP contribution is 2.30. The zero-order valence-corrected chi connectivity index (χ0v) is 10.7. The molecular weight excluding hydrogens is 200 g/mol. The Kier molecular flexibility index (Phi) is 3.88. The molecular formula is C13H26N2O. The molecule has 0 aliphatic carbocycles. The number of hydrogen-bond donors (Lipinski definition) is 2. The van der Waals surface area contributed by atoms with Crippen molar-refractivity contribution in [2.75, 3.05) is 26.2 Å². The van der Waals surface area contributed by atoms with Gasteiger partial charge in [0.15, 0.2) is 0 Å². The molecule has 0 spiro atoms. The Bertz CT molecular complexity index is 216. The summed E-state index contributed by atoms with van der Waals surface area (Å²) in [5, 5.41) is 14.1. The van der Waals surface area contributed by atoms with Gasteiger partial charge in [0.2, 0.25) is 0 Å². The van der Waals surface area contributed by atoms with Crippen molar-refractivity contribution in [2.24, 2.45) is 5.92 Å². The van der Waals surface area contributed by atoms with E-state index in [9.17, 15) is 5.11 Å². The third kappa shape index (κ3) is 2.76. The number of nitrogens with one attached hydrogen (secondary N) is 1. The fraction of sp³-hybridized carbons (Fsp3) is 1.00. The number of piperidine rings is 1. The molecule has 2 heterocycles. The van der Waals surface area contributed by atoms with Crippen molar-refractivity contribution in [3.8, 4) is 0 Å². The van der Waals surface area contributed by atoms with Crippen molar-refractivity contribution in [3.05, 3.63) is 0 Å². The van der Waals surface area contributed by atoms with Crippen LogP contribution in [0, 0.1) is 5.92 Å². The van der Waals surface area contributed by atoms with Crippen molar-refractivity contribution in [1.29, 1.82) is 0 Å². The molecule has 0 aromatic carbocycles. The Hall–Kier alpha value is -0.120. The smallest absolute Gasteiger partial charge is 0.0824 e. The van der Waals surface area contributed by atoms with E-state index in [1.54, 1.807) is 0 Å². The number of aliphatic hydroxyl groups is 1. The summed E-state index contributed by atoms with van der Waals surface area (Å²) in [4.78, 5) is 2.49. The van der Waals surface area contributed by atoms with Crippen LogP contribution in [0.15, 0.2) is 0 Å². The van der Waals surface area contributed by atoms with Gasteiger partial charge in [0.25, 0.3) is 0 Å². The molecule has 0 aromatic heterocycles. The lowest BCUT2D eigenvalue weighted by molar-refractivity contribution is -0.0472. The average Bonchev–Trinajstić information content (AvgIpc) is 2.75. The molecule has 1 atom stereocenters. The second-order valence-electron chi connectivity index (χ2n) is 5.95. The van der Waals surface area contributed by atoms with E-state index >= 15 is 0 Å². The molecule has 2 fully saturated rings. The number of hydrogen-bond acceptors (Lipinski definition) is 3. The molecule has 0 saturated carbocycles. The summed E-state index contributed by atoms with van der Waals surface area (Å²) in [6.45, 7) is 8.91. The maximum absolute atomic E-state index is 10.6. The molecule has 2 aliphatic rings. The Balaban J connectivity index is 1.83. The molecule has 2 rings (SSSR count). The van der Waals surface area contributed by atoms with Gasteiger partial charge in [0.05, 0.1) is 5.60 Å². The third-order valence-electron chi connectivity index (χ3n) is 4.05. The lowest BCUT2D eigenvalue weighted by Gasteiger charge is -2.42. The molecule has 16 heavy (non-hydrogen) atoms. The van der Waals surface area contributed by atoms with Crippen LogP contribution < -0.4 is 5.32 Å². The summed E-state index contributed by atoms with van der Waals surface area (Å²) in [6.07, 6.45) is 4.26. The minimum atomic E-state index is -0.427. The molecule has 2 aliphatic heterocycles. The van der Waals surface area contributed by atoms with Gasteiger partial charge in [-0.25, -0.2) is 0 Å². The van der Waals surface area contributed by atoms with Crippen molar-refractivity contribution in [1.82, 2.24) is 10.2 Å². The van der Waals surface area contributed by atoms with Crippen LogP contribution in [-0.2, 0) is 0 Å². The van der Waals surface area contributed by atoms with Crippen LogP contribution in [0.5, 0.6) is 0 Å². The van der Waals surface area contributed by atoms with Crippen molar-refractivity contribution < 1.29 is 5.11 Å². The fourth-order valence-corrected chi connectivity index (χ4v) is 3.13. The van der Waals surface area contributed by atoms with Gasteiger partial charge in [-0.15, -0.1) is 0 Å². The van der Waals surface area contributed by atoms with Gasteiger partial charge in [-0.3, -0.25) is 0 Å². The fourth-order valence-electron chi connectivity index (χ4n) is 3.13. The average molecular weight is 226 g/mol. The Labute approximate surface area is 99.2 Å². The van der Waals surface area contributed by atoms with Crippen molar-refractivity contribution in [2.45, 2.75) is 51.2 Å². The highest BCUT2D eigenvalue weighted by molar-refractivity contribution is 4.97. The molecule has 0 radical (unpaired) electrons. The first-order valence-electron chi connectivity index (χ1n) is 6.78. The van der Waals surface area contributed by atoms with Crippen LogP contribution >= 0.6 is 0 Å². The first kappa shape index (κ1) is 12.3. The van der Waals surface area contributed by atoms with E-state index in [-0.39, 0.29) is 0 Å². The normalized spacial score (nSPS) is 31.1. The topological polar surface area (TPSA) is 35.5 Å². The summed E-state index contributed by atoms with van der Waals surface area (Å²) in [5.41, 5.74) is -0.427. The summed E-state index contributed by atoms with van der Waals surface area (Å²) in [6, 6.07) is 0.355. The summed E-state index contributed by atoms with van der Waals surface area (Å²) in [5.74, 6) is 0.732. The Morgan fingerprint density at radius 3 is 2.56 bits per heavy atom. The van der Waals surface area contributed by atoms with Gasteiger partial charge in [-0.1, -0.05) is 13.8 Å². The van der Waals surface area contributed by atoms with E-state index in [0.717, 1.165) is 44.8 Å². The second-order valence-corrected chi connectivity index (χ2v) is 5.95. The number of likely N-dealkylation sites (tertiary alicyclic amines) is 1. The third-order valence-corrected chi connectivity index (χ3v) is 4.05. The van der Waals surface area contributed by atoms with Crippen LogP contribution in [0.25, 0.3) is 0 Å². The maximum atomic E-state index is 10.6. The van der Waals surface area contributed by atoms with E-state index in [4.69, 9.17) is 0 Å². The molecule has 94 valence electrons. The van der Waals surface area contributed by atoms with Gasteiger partial charge < -0.3 is 15.3 Å². The van der Waals surface area contributed by atoms with Crippen LogP contribution in [0.4, 0.5) is 0 Å².